The predicted molar refractivity (Wildman–Crippen MR) is 82.3 cm³/mol. The normalized spacial score (nSPS) is 33.0. The fourth-order valence-electron chi connectivity index (χ4n) is 4.41. The van der Waals surface area contributed by atoms with E-state index in [1.807, 2.05) is 0 Å². The first-order valence-corrected chi connectivity index (χ1v) is 8.13. The number of rotatable bonds is 1. The molecule has 2 heterocycles. The lowest BCUT2D eigenvalue weighted by molar-refractivity contribution is -0.204. The van der Waals surface area contributed by atoms with E-state index in [4.69, 9.17) is 15.2 Å². The molecule has 1 aromatic carbocycles. The molecule has 0 radical (unpaired) electrons. The van der Waals surface area contributed by atoms with Gasteiger partial charge in [0.1, 0.15) is 5.82 Å². The number of carbonyl (C=O) groups excluding carboxylic acids is 1. The lowest BCUT2D eigenvalue weighted by atomic mass is 9.68. The molecule has 2 saturated heterocycles. The molecule has 5 nitrogen and oxygen atoms in total. The van der Waals surface area contributed by atoms with Gasteiger partial charge in [-0.1, -0.05) is 6.07 Å². The molecule has 2 atom stereocenters. The van der Waals surface area contributed by atoms with Gasteiger partial charge >= 0.3 is 0 Å². The van der Waals surface area contributed by atoms with Crippen LogP contribution in [0.3, 0.4) is 0 Å². The molecule has 1 aliphatic carbocycles. The molecule has 0 bridgehead atoms. The average Bonchev–Trinajstić information content (AvgIpc) is 3.05. The van der Waals surface area contributed by atoms with Crippen molar-refractivity contribution in [1.29, 1.82) is 0 Å². The Morgan fingerprint density at radius 2 is 2.04 bits per heavy atom. The maximum atomic E-state index is 13.5. The first-order valence-electron chi connectivity index (χ1n) is 8.13. The van der Waals surface area contributed by atoms with E-state index in [9.17, 15) is 9.18 Å². The van der Waals surface area contributed by atoms with Gasteiger partial charge in [-0.15, -0.1) is 0 Å². The predicted octanol–water partition coefficient (Wildman–Crippen LogP) is 1.80. The second kappa shape index (κ2) is 5.26. The summed E-state index contributed by atoms with van der Waals surface area (Å²) in [6.45, 7) is 1.67. The highest BCUT2D eigenvalue weighted by molar-refractivity contribution is 6.00. The number of amides is 1. The van der Waals surface area contributed by atoms with E-state index in [-0.39, 0.29) is 17.8 Å². The number of nitrogens with zero attached hydrogens (tertiary/aromatic N) is 1. The van der Waals surface area contributed by atoms with Crippen LogP contribution in [0.15, 0.2) is 24.3 Å². The maximum Gasteiger partial charge on any atom is 0.233 e. The highest BCUT2D eigenvalue weighted by atomic mass is 19.1. The lowest BCUT2D eigenvalue weighted by Crippen LogP contribution is -2.53. The summed E-state index contributed by atoms with van der Waals surface area (Å²) in [5, 5.41) is 0. The van der Waals surface area contributed by atoms with E-state index in [1.165, 1.54) is 12.1 Å². The summed E-state index contributed by atoms with van der Waals surface area (Å²) in [5.74, 6) is -1.04. The Bertz CT molecular complexity index is 632. The van der Waals surface area contributed by atoms with Crippen LogP contribution in [0, 0.1) is 11.2 Å². The number of anilines is 1. The number of hydrogen-bond acceptors (Lipinski definition) is 4. The smallest absolute Gasteiger partial charge is 0.233 e. The van der Waals surface area contributed by atoms with Gasteiger partial charge in [-0.3, -0.25) is 4.79 Å². The van der Waals surface area contributed by atoms with E-state index in [1.54, 1.807) is 17.0 Å². The monoisotopic (exact) mass is 320 g/mol. The molecule has 124 valence electrons. The third-order valence-corrected chi connectivity index (χ3v) is 5.28. The van der Waals surface area contributed by atoms with Crippen molar-refractivity contribution in [3.05, 3.63) is 30.1 Å². The van der Waals surface area contributed by atoms with Crippen molar-refractivity contribution in [3.63, 3.8) is 0 Å². The minimum atomic E-state index is -0.717. The first kappa shape index (κ1) is 15.1. The van der Waals surface area contributed by atoms with Crippen molar-refractivity contribution in [2.45, 2.75) is 37.5 Å². The number of carbonyl (C=O) groups is 1. The Morgan fingerprint density at radius 3 is 2.78 bits per heavy atom. The Hall–Kier alpha value is -1.50. The van der Waals surface area contributed by atoms with Crippen molar-refractivity contribution in [2.24, 2.45) is 11.1 Å². The van der Waals surface area contributed by atoms with E-state index in [0.717, 1.165) is 0 Å². The molecule has 0 aromatic heterocycles. The number of nitrogens with two attached hydrogens (primary N) is 1. The van der Waals surface area contributed by atoms with E-state index in [0.29, 0.717) is 51.1 Å². The van der Waals surface area contributed by atoms with Crippen LogP contribution < -0.4 is 10.6 Å². The largest absolute Gasteiger partial charge is 0.347 e. The SMILES string of the molecule is NC1CC2(C[C@@]3(CCN(c4cccc(F)c4)C3=O)C1)OCCO2. The maximum absolute atomic E-state index is 13.5. The summed E-state index contributed by atoms with van der Waals surface area (Å²) in [7, 11) is 0. The molecule has 4 rings (SSSR count). The summed E-state index contributed by atoms with van der Waals surface area (Å²) in [5.41, 5.74) is 6.27. The standard InChI is InChI=1S/C17H21FN2O3/c18-12-2-1-3-14(8-12)20-5-4-16(15(20)21)9-13(19)10-17(11-16)22-6-7-23-17/h1-3,8,13H,4-7,9-11,19H2/t13?,16-/m1/s1. The van der Waals surface area contributed by atoms with Crippen molar-refractivity contribution >= 4 is 11.6 Å². The molecular weight excluding hydrogens is 299 g/mol. The van der Waals surface area contributed by atoms with Crippen molar-refractivity contribution < 1.29 is 18.7 Å². The van der Waals surface area contributed by atoms with E-state index < -0.39 is 11.2 Å². The van der Waals surface area contributed by atoms with Crippen molar-refractivity contribution in [2.75, 3.05) is 24.7 Å². The zero-order chi connectivity index (χ0) is 16.1. The number of hydrogen-bond donors (Lipinski definition) is 1. The molecule has 6 heteroatoms. The van der Waals surface area contributed by atoms with Crippen LogP contribution in [-0.2, 0) is 14.3 Å². The summed E-state index contributed by atoms with van der Waals surface area (Å²) >= 11 is 0. The second-order valence-corrected chi connectivity index (χ2v) is 6.92. The Kier molecular flexibility index (Phi) is 3.44. The van der Waals surface area contributed by atoms with Crippen molar-refractivity contribution in [1.82, 2.24) is 0 Å². The molecule has 1 saturated carbocycles. The first-order chi connectivity index (χ1) is 11.0. The van der Waals surface area contributed by atoms with Gasteiger partial charge in [0.15, 0.2) is 5.79 Å². The third-order valence-electron chi connectivity index (χ3n) is 5.28. The topological polar surface area (TPSA) is 64.8 Å². The molecule has 1 amide bonds. The zero-order valence-corrected chi connectivity index (χ0v) is 13.0. The molecule has 2 aliphatic heterocycles. The Balaban J connectivity index is 1.63. The number of benzene rings is 1. The molecule has 2 N–H and O–H groups in total. The average molecular weight is 320 g/mol. The van der Waals surface area contributed by atoms with Gasteiger partial charge in [0.05, 0.1) is 18.6 Å². The van der Waals surface area contributed by atoms with Gasteiger partial charge in [-0.2, -0.15) is 0 Å². The van der Waals surface area contributed by atoms with Crippen LogP contribution in [-0.4, -0.2) is 37.5 Å². The van der Waals surface area contributed by atoms with Crippen LogP contribution in [0.4, 0.5) is 10.1 Å². The minimum Gasteiger partial charge on any atom is -0.347 e. The quantitative estimate of drug-likeness (QED) is 0.857. The molecule has 1 unspecified atom stereocenters. The van der Waals surface area contributed by atoms with Crippen molar-refractivity contribution in [3.8, 4) is 0 Å². The van der Waals surface area contributed by atoms with Gasteiger partial charge in [-0.05, 0) is 31.0 Å². The lowest BCUT2D eigenvalue weighted by Gasteiger charge is -2.44. The molecule has 2 spiro atoms. The van der Waals surface area contributed by atoms with E-state index in [2.05, 4.69) is 0 Å². The summed E-state index contributed by atoms with van der Waals surface area (Å²) in [6.07, 6.45) is 2.50. The molecule has 1 aromatic rings. The minimum absolute atomic E-state index is 0.0109. The zero-order valence-electron chi connectivity index (χ0n) is 13.0. The fourth-order valence-corrected chi connectivity index (χ4v) is 4.41. The van der Waals surface area contributed by atoms with Gasteiger partial charge in [0.2, 0.25) is 5.91 Å². The molecule has 3 fully saturated rings. The van der Waals surface area contributed by atoms with Crippen LogP contribution in [0.2, 0.25) is 0 Å². The summed E-state index contributed by atoms with van der Waals surface area (Å²) < 4.78 is 25.1. The van der Waals surface area contributed by atoms with Gasteiger partial charge in [-0.25, -0.2) is 4.39 Å². The van der Waals surface area contributed by atoms with Crippen LogP contribution in [0.25, 0.3) is 0 Å². The molecule has 23 heavy (non-hydrogen) atoms. The molecule has 3 aliphatic rings. The number of halogens is 1. The van der Waals surface area contributed by atoms with Crippen LogP contribution in [0.1, 0.15) is 25.7 Å². The highest BCUT2D eigenvalue weighted by Crippen LogP contribution is 2.51. The second-order valence-electron chi connectivity index (χ2n) is 6.92. The number of ether oxygens (including phenoxy) is 2. The van der Waals surface area contributed by atoms with Crippen LogP contribution in [0.5, 0.6) is 0 Å². The Labute approximate surface area is 134 Å². The van der Waals surface area contributed by atoms with Gasteiger partial charge in [0.25, 0.3) is 0 Å². The van der Waals surface area contributed by atoms with Crippen LogP contribution >= 0.6 is 0 Å². The third kappa shape index (κ3) is 2.45. The van der Waals surface area contributed by atoms with Gasteiger partial charge in [0, 0.05) is 31.1 Å². The summed E-state index contributed by atoms with van der Waals surface area (Å²) in [6, 6.07) is 6.04. The molecular formula is C17H21FN2O3. The van der Waals surface area contributed by atoms with Gasteiger partial charge < -0.3 is 20.1 Å². The Morgan fingerprint density at radius 1 is 1.26 bits per heavy atom. The van der Waals surface area contributed by atoms with E-state index >= 15 is 0 Å². The fraction of sp³-hybridized carbons (Fsp3) is 0.588. The highest BCUT2D eigenvalue weighted by Gasteiger charge is 2.57. The summed E-state index contributed by atoms with van der Waals surface area (Å²) in [4.78, 5) is 14.8.